The molecule has 0 aliphatic carbocycles. The first-order valence-corrected chi connectivity index (χ1v) is 4.95. The van der Waals surface area contributed by atoms with Crippen molar-refractivity contribution in [1.82, 2.24) is 10.2 Å². The summed E-state index contributed by atoms with van der Waals surface area (Å²) in [6.45, 7) is 6.72. The summed E-state index contributed by atoms with van der Waals surface area (Å²) in [6, 6.07) is 0.315. The Morgan fingerprint density at radius 1 is 1.62 bits per heavy atom. The molecule has 4 nitrogen and oxygen atoms in total. The number of hydrogen-bond acceptors (Lipinski definition) is 3. The summed E-state index contributed by atoms with van der Waals surface area (Å²) in [5.74, 6) is 0. The Morgan fingerprint density at radius 3 is 2.77 bits per heavy atom. The van der Waals surface area contributed by atoms with Crippen LogP contribution in [0.25, 0.3) is 0 Å². The Balaban J connectivity index is 2.18. The molecule has 0 aromatic rings. The van der Waals surface area contributed by atoms with Crippen molar-refractivity contribution in [2.75, 3.05) is 32.8 Å². The summed E-state index contributed by atoms with van der Waals surface area (Å²) in [5, 5.41) is 3.39. The van der Waals surface area contributed by atoms with Crippen LogP contribution < -0.4 is 11.1 Å². The van der Waals surface area contributed by atoms with Gasteiger partial charge in [-0.2, -0.15) is 0 Å². The van der Waals surface area contributed by atoms with Crippen LogP contribution in [-0.2, 0) is 4.74 Å². The standard InChI is InChI=1S/C8H17N3OS/c1-7(10-8(9)13)6-11-2-4-12-5-3-11/h7H,2-6H2,1H3,(H3,9,10,13). The minimum absolute atomic E-state index is 0.315. The highest BCUT2D eigenvalue weighted by Gasteiger charge is 2.13. The molecule has 1 saturated heterocycles. The van der Waals surface area contributed by atoms with Gasteiger partial charge in [0.25, 0.3) is 0 Å². The minimum Gasteiger partial charge on any atom is -0.379 e. The Hall–Kier alpha value is -0.390. The fraction of sp³-hybridized carbons (Fsp3) is 0.875. The highest BCUT2D eigenvalue weighted by molar-refractivity contribution is 7.80. The van der Waals surface area contributed by atoms with Gasteiger partial charge in [-0.25, -0.2) is 0 Å². The normalized spacial score (nSPS) is 21.0. The lowest BCUT2D eigenvalue weighted by Crippen LogP contribution is -2.47. The lowest BCUT2D eigenvalue weighted by atomic mass is 10.3. The molecular formula is C8H17N3OS. The molecule has 5 heteroatoms. The van der Waals surface area contributed by atoms with Gasteiger partial charge in [-0.1, -0.05) is 0 Å². The Kier molecular flexibility index (Phi) is 4.41. The zero-order valence-electron chi connectivity index (χ0n) is 7.95. The van der Waals surface area contributed by atoms with Crippen LogP contribution in [0.2, 0.25) is 0 Å². The van der Waals surface area contributed by atoms with Crippen molar-refractivity contribution in [2.24, 2.45) is 5.73 Å². The lowest BCUT2D eigenvalue weighted by Gasteiger charge is -2.29. The number of nitrogens with zero attached hydrogens (tertiary/aromatic N) is 1. The van der Waals surface area contributed by atoms with Gasteiger partial charge in [0.2, 0.25) is 0 Å². The van der Waals surface area contributed by atoms with Crippen molar-refractivity contribution < 1.29 is 4.74 Å². The van der Waals surface area contributed by atoms with Crippen molar-refractivity contribution in [3.05, 3.63) is 0 Å². The van der Waals surface area contributed by atoms with Gasteiger partial charge >= 0.3 is 0 Å². The summed E-state index contributed by atoms with van der Waals surface area (Å²) in [6.07, 6.45) is 0. The van der Waals surface area contributed by atoms with E-state index in [9.17, 15) is 0 Å². The van der Waals surface area contributed by atoms with Crippen LogP contribution in [0.1, 0.15) is 6.92 Å². The van der Waals surface area contributed by atoms with E-state index in [0.717, 1.165) is 32.8 Å². The number of thiocarbonyl (C=S) groups is 1. The molecule has 0 amide bonds. The third kappa shape index (κ3) is 4.40. The fourth-order valence-corrected chi connectivity index (χ4v) is 1.66. The van der Waals surface area contributed by atoms with Crippen molar-refractivity contribution in [3.8, 4) is 0 Å². The largest absolute Gasteiger partial charge is 0.379 e. The number of ether oxygens (including phenoxy) is 1. The molecule has 0 radical (unpaired) electrons. The molecule has 1 heterocycles. The summed E-state index contributed by atoms with van der Waals surface area (Å²) in [4.78, 5) is 2.35. The second-order valence-electron chi connectivity index (χ2n) is 3.32. The van der Waals surface area contributed by atoms with E-state index in [1.54, 1.807) is 0 Å². The zero-order chi connectivity index (χ0) is 9.68. The molecule has 1 rings (SSSR count). The molecule has 1 aliphatic heterocycles. The monoisotopic (exact) mass is 203 g/mol. The molecule has 0 aromatic heterocycles. The van der Waals surface area contributed by atoms with Gasteiger partial charge in [-0.15, -0.1) is 0 Å². The van der Waals surface area contributed by atoms with Gasteiger partial charge in [-0.3, -0.25) is 4.90 Å². The number of nitrogens with one attached hydrogen (secondary N) is 1. The van der Waals surface area contributed by atoms with Crippen LogP contribution in [-0.4, -0.2) is 48.9 Å². The zero-order valence-corrected chi connectivity index (χ0v) is 8.77. The third-order valence-electron chi connectivity index (χ3n) is 2.02. The van der Waals surface area contributed by atoms with Crippen LogP contribution in [0, 0.1) is 0 Å². The fourth-order valence-electron chi connectivity index (χ4n) is 1.46. The van der Waals surface area contributed by atoms with E-state index < -0.39 is 0 Å². The SMILES string of the molecule is CC(CN1CCOCC1)NC(N)=S. The highest BCUT2D eigenvalue weighted by Crippen LogP contribution is 1.97. The van der Waals surface area contributed by atoms with E-state index in [2.05, 4.69) is 17.1 Å². The lowest BCUT2D eigenvalue weighted by molar-refractivity contribution is 0.0352. The maximum absolute atomic E-state index is 5.38. The van der Waals surface area contributed by atoms with E-state index in [1.807, 2.05) is 0 Å². The number of rotatable bonds is 3. The number of hydrogen-bond donors (Lipinski definition) is 2. The quantitative estimate of drug-likeness (QED) is 0.608. The topological polar surface area (TPSA) is 50.5 Å². The van der Waals surface area contributed by atoms with Crippen molar-refractivity contribution in [3.63, 3.8) is 0 Å². The van der Waals surface area contributed by atoms with Crippen molar-refractivity contribution in [1.29, 1.82) is 0 Å². The summed E-state index contributed by atoms with van der Waals surface area (Å²) >= 11 is 4.76. The second kappa shape index (κ2) is 5.36. The number of nitrogens with two attached hydrogens (primary N) is 1. The molecule has 0 saturated carbocycles. The van der Waals surface area contributed by atoms with Gasteiger partial charge in [0, 0.05) is 25.7 Å². The maximum atomic E-state index is 5.38. The molecule has 76 valence electrons. The third-order valence-corrected chi connectivity index (χ3v) is 2.14. The molecular weight excluding hydrogens is 186 g/mol. The van der Waals surface area contributed by atoms with E-state index in [4.69, 9.17) is 22.7 Å². The van der Waals surface area contributed by atoms with Crippen LogP contribution in [0.4, 0.5) is 0 Å². The predicted octanol–water partition coefficient (Wildman–Crippen LogP) is -0.460. The molecule has 1 unspecified atom stereocenters. The molecule has 3 N–H and O–H groups in total. The van der Waals surface area contributed by atoms with Gasteiger partial charge in [0.15, 0.2) is 5.11 Å². The molecule has 1 fully saturated rings. The summed E-state index contributed by atoms with van der Waals surface area (Å²) < 4.78 is 5.25. The predicted molar refractivity (Wildman–Crippen MR) is 56.6 cm³/mol. The van der Waals surface area contributed by atoms with Crippen LogP contribution in [0.3, 0.4) is 0 Å². The average molecular weight is 203 g/mol. The first kappa shape index (κ1) is 10.7. The number of morpholine rings is 1. The first-order chi connectivity index (χ1) is 6.18. The highest BCUT2D eigenvalue weighted by atomic mass is 32.1. The molecule has 0 aromatic carbocycles. The van der Waals surface area contributed by atoms with Gasteiger partial charge in [0.1, 0.15) is 0 Å². The second-order valence-corrected chi connectivity index (χ2v) is 3.76. The van der Waals surface area contributed by atoms with Crippen LogP contribution in [0.5, 0.6) is 0 Å². The van der Waals surface area contributed by atoms with Gasteiger partial charge in [0.05, 0.1) is 13.2 Å². The van der Waals surface area contributed by atoms with Crippen molar-refractivity contribution >= 4 is 17.3 Å². The Morgan fingerprint density at radius 2 is 2.23 bits per heavy atom. The van der Waals surface area contributed by atoms with Gasteiger partial charge < -0.3 is 15.8 Å². The molecule has 13 heavy (non-hydrogen) atoms. The minimum atomic E-state index is 0.315. The van der Waals surface area contributed by atoms with E-state index in [-0.39, 0.29) is 0 Å². The van der Waals surface area contributed by atoms with Gasteiger partial charge in [-0.05, 0) is 19.1 Å². The molecule has 0 spiro atoms. The van der Waals surface area contributed by atoms with E-state index >= 15 is 0 Å². The summed E-state index contributed by atoms with van der Waals surface area (Å²) in [5.41, 5.74) is 5.38. The first-order valence-electron chi connectivity index (χ1n) is 4.54. The molecule has 1 aliphatic rings. The molecule has 0 bridgehead atoms. The summed E-state index contributed by atoms with van der Waals surface area (Å²) in [7, 11) is 0. The Bertz CT molecular complexity index is 171. The van der Waals surface area contributed by atoms with Crippen LogP contribution in [0.15, 0.2) is 0 Å². The van der Waals surface area contributed by atoms with Crippen LogP contribution >= 0.6 is 12.2 Å². The van der Waals surface area contributed by atoms with Crippen molar-refractivity contribution in [2.45, 2.75) is 13.0 Å². The molecule has 1 atom stereocenters. The average Bonchev–Trinajstić information content (AvgIpc) is 2.04. The maximum Gasteiger partial charge on any atom is 0.163 e. The smallest absolute Gasteiger partial charge is 0.163 e. The Labute approximate surface area is 84.4 Å². The van der Waals surface area contributed by atoms with E-state index in [1.165, 1.54) is 0 Å². The van der Waals surface area contributed by atoms with E-state index in [0.29, 0.717) is 11.2 Å².